The Balaban J connectivity index is 1.45. The molecule has 0 aliphatic carbocycles. The van der Waals surface area contributed by atoms with Crippen LogP contribution in [0.1, 0.15) is 31.9 Å². The van der Waals surface area contributed by atoms with Crippen molar-refractivity contribution in [3.8, 4) is 23.0 Å². The van der Waals surface area contributed by atoms with Crippen molar-refractivity contribution in [2.24, 2.45) is 0 Å². The first-order valence-corrected chi connectivity index (χ1v) is 10.9. The Hall–Kier alpha value is -3.25. The van der Waals surface area contributed by atoms with Crippen molar-refractivity contribution in [2.45, 2.75) is 32.0 Å². The van der Waals surface area contributed by atoms with E-state index in [0.29, 0.717) is 11.7 Å². The summed E-state index contributed by atoms with van der Waals surface area (Å²) in [5.41, 5.74) is 1.39. The second kappa shape index (κ2) is 7.78. The lowest BCUT2D eigenvalue weighted by Gasteiger charge is -2.52. The van der Waals surface area contributed by atoms with Crippen LogP contribution in [0, 0.1) is 0 Å². The molecule has 1 N–H and O–H groups in total. The topological polar surface area (TPSA) is 43.0 Å². The Kier molecular flexibility index (Phi) is 4.94. The molecule has 5 rings (SSSR count). The van der Waals surface area contributed by atoms with Crippen LogP contribution < -0.4 is 24.4 Å². The molecular formula is C25H24N2O3S. The molecule has 2 bridgehead atoms. The molecule has 0 unspecified atom stereocenters. The van der Waals surface area contributed by atoms with Gasteiger partial charge in [0, 0.05) is 17.7 Å². The second-order valence-electron chi connectivity index (χ2n) is 7.84. The fourth-order valence-corrected chi connectivity index (χ4v) is 4.75. The quantitative estimate of drug-likeness (QED) is 0.513. The lowest BCUT2D eigenvalue weighted by atomic mass is 9.90. The monoisotopic (exact) mass is 432 g/mol. The molecule has 0 aromatic heterocycles. The molecule has 3 aromatic rings. The van der Waals surface area contributed by atoms with Crippen LogP contribution in [-0.2, 0) is 0 Å². The summed E-state index contributed by atoms with van der Waals surface area (Å²) in [6.07, 6.45) is 0.762. The number of rotatable bonds is 5. The van der Waals surface area contributed by atoms with Crippen molar-refractivity contribution in [1.82, 2.24) is 5.32 Å². The Morgan fingerprint density at radius 1 is 1.03 bits per heavy atom. The fraction of sp³-hybridized carbons (Fsp3) is 0.240. The summed E-state index contributed by atoms with van der Waals surface area (Å²) in [6.45, 7) is 4.64. The van der Waals surface area contributed by atoms with E-state index in [0.717, 1.165) is 40.7 Å². The van der Waals surface area contributed by atoms with Gasteiger partial charge in [-0.25, -0.2) is 0 Å². The highest BCUT2D eigenvalue weighted by Crippen LogP contribution is 2.49. The van der Waals surface area contributed by atoms with E-state index in [1.165, 1.54) is 0 Å². The standard InChI is InChI=1S/C25H24N2O3S/c1-3-28-22-11-7-10-20-21-16-25(2,30-23(20)22)27(24(31)26-21)17-12-14-19(15-13-17)29-18-8-5-4-6-9-18/h4-15,21H,3,16H2,1-2H3,(H,26,31)/t21-,25+/m1/s1. The van der Waals surface area contributed by atoms with Crippen molar-refractivity contribution in [3.05, 3.63) is 78.4 Å². The molecule has 31 heavy (non-hydrogen) atoms. The molecule has 1 saturated heterocycles. The molecule has 2 aliphatic heterocycles. The van der Waals surface area contributed by atoms with E-state index < -0.39 is 5.72 Å². The number of hydrogen-bond donors (Lipinski definition) is 1. The molecule has 0 spiro atoms. The molecule has 5 nitrogen and oxygen atoms in total. The number of nitrogens with one attached hydrogen (secondary N) is 1. The van der Waals surface area contributed by atoms with Gasteiger partial charge in [-0.2, -0.15) is 0 Å². The third-order valence-electron chi connectivity index (χ3n) is 5.64. The van der Waals surface area contributed by atoms with Gasteiger partial charge in [0.2, 0.25) is 0 Å². The number of benzene rings is 3. The minimum Gasteiger partial charge on any atom is -0.490 e. The number of fused-ring (bicyclic) bond motifs is 4. The van der Waals surface area contributed by atoms with Crippen LogP contribution in [-0.4, -0.2) is 17.4 Å². The predicted molar refractivity (Wildman–Crippen MR) is 125 cm³/mol. The zero-order chi connectivity index (χ0) is 21.4. The second-order valence-corrected chi connectivity index (χ2v) is 8.22. The van der Waals surface area contributed by atoms with Gasteiger partial charge in [0.05, 0.1) is 12.6 Å². The lowest BCUT2D eigenvalue weighted by Crippen LogP contribution is -2.65. The van der Waals surface area contributed by atoms with E-state index in [9.17, 15) is 0 Å². The molecular weight excluding hydrogens is 408 g/mol. The average molecular weight is 433 g/mol. The smallest absolute Gasteiger partial charge is 0.188 e. The van der Waals surface area contributed by atoms with E-state index >= 15 is 0 Å². The summed E-state index contributed by atoms with van der Waals surface area (Å²) in [4.78, 5) is 2.04. The van der Waals surface area contributed by atoms with E-state index in [1.807, 2.05) is 78.6 Å². The van der Waals surface area contributed by atoms with Gasteiger partial charge in [0.1, 0.15) is 11.5 Å². The molecule has 3 aromatic carbocycles. The van der Waals surface area contributed by atoms with Crippen LogP contribution in [0.3, 0.4) is 0 Å². The maximum Gasteiger partial charge on any atom is 0.188 e. The van der Waals surface area contributed by atoms with E-state index in [4.69, 9.17) is 26.4 Å². The van der Waals surface area contributed by atoms with Gasteiger partial charge in [-0.1, -0.05) is 30.3 Å². The molecule has 158 valence electrons. The third-order valence-corrected chi connectivity index (χ3v) is 5.94. The Bertz CT molecular complexity index is 1100. The molecule has 2 atom stereocenters. The first-order chi connectivity index (χ1) is 15.1. The van der Waals surface area contributed by atoms with Crippen LogP contribution in [0.4, 0.5) is 5.69 Å². The van der Waals surface area contributed by atoms with Gasteiger partial charge in [-0.15, -0.1) is 0 Å². The van der Waals surface area contributed by atoms with Crippen molar-refractivity contribution < 1.29 is 14.2 Å². The Morgan fingerprint density at radius 2 is 1.77 bits per heavy atom. The molecule has 2 aliphatic rings. The van der Waals surface area contributed by atoms with Crippen LogP contribution in [0.2, 0.25) is 0 Å². The molecule has 1 fully saturated rings. The summed E-state index contributed by atoms with van der Waals surface area (Å²) in [5, 5.41) is 4.13. The van der Waals surface area contributed by atoms with Crippen molar-refractivity contribution in [3.63, 3.8) is 0 Å². The highest BCUT2D eigenvalue weighted by Gasteiger charge is 2.49. The van der Waals surface area contributed by atoms with Crippen LogP contribution in [0.25, 0.3) is 0 Å². The average Bonchev–Trinajstić information content (AvgIpc) is 2.76. The molecule has 6 heteroatoms. The van der Waals surface area contributed by atoms with Crippen LogP contribution >= 0.6 is 12.2 Å². The maximum absolute atomic E-state index is 6.58. The van der Waals surface area contributed by atoms with Gasteiger partial charge in [0.25, 0.3) is 0 Å². The summed E-state index contributed by atoms with van der Waals surface area (Å²) < 4.78 is 18.3. The predicted octanol–water partition coefficient (Wildman–Crippen LogP) is 5.81. The zero-order valence-electron chi connectivity index (χ0n) is 17.5. The van der Waals surface area contributed by atoms with Gasteiger partial charge in [-0.05, 0) is 68.5 Å². The van der Waals surface area contributed by atoms with E-state index in [-0.39, 0.29) is 6.04 Å². The lowest BCUT2D eigenvalue weighted by molar-refractivity contribution is 0.0457. The number of thiocarbonyl (C=S) groups is 1. The largest absolute Gasteiger partial charge is 0.490 e. The highest BCUT2D eigenvalue weighted by atomic mass is 32.1. The fourth-order valence-electron chi connectivity index (χ4n) is 4.31. The third kappa shape index (κ3) is 3.57. The molecule has 0 amide bonds. The van der Waals surface area contributed by atoms with Crippen molar-refractivity contribution >= 4 is 23.0 Å². The number of para-hydroxylation sites is 2. The van der Waals surface area contributed by atoms with Crippen LogP contribution in [0.15, 0.2) is 72.8 Å². The number of hydrogen-bond acceptors (Lipinski definition) is 4. The zero-order valence-corrected chi connectivity index (χ0v) is 18.3. The van der Waals surface area contributed by atoms with Crippen molar-refractivity contribution in [1.29, 1.82) is 0 Å². The number of nitrogens with zero attached hydrogens (tertiary/aromatic N) is 1. The van der Waals surface area contributed by atoms with Crippen molar-refractivity contribution in [2.75, 3.05) is 11.5 Å². The minimum atomic E-state index is -0.630. The Morgan fingerprint density at radius 3 is 2.52 bits per heavy atom. The van der Waals surface area contributed by atoms with E-state index in [1.54, 1.807) is 0 Å². The van der Waals surface area contributed by atoms with Gasteiger partial charge < -0.3 is 19.5 Å². The van der Waals surface area contributed by atoms with Gasteiger partial charge in [0.15, 0.2) is 22.3 Å². The van der Waals surface area contributed by atoms with Gasteiger partial charge >= 0.3 is 0 Å². The number of ether oxygens (including phenoxy) is 3. The summed E-state index contributed by atoms with van der Waals surface area (Å²) in [5.74, 6) is 3.11. The summed E-state index contributed by atoms with van der Waals surface area (Å²) in [6, 6.07) is 23.7. The molecule has 0 radical (unpaired) electrons. The van der Waals surface area contributed by atoms with Gasteiger partial charge in [-0.3, -0.25) is 4.90 Å². The minimum absolute atomic E-state index is 0.0820. The first-order valence-electron chi connectivity index (χ1n) is 10.5. The summed E-state index contributed by atoms with van der Waals surface area (Å²) in [7, 11) is 0. The SMILES string of the molecule is CCOc1cccc2c1O[C@@]1(C)C[C@H]2NC(=S)N1c1ccc(Oc2ccccc2)cc1. The highest BCUT2D eigenvalue weighted by molar-refractivity contribution is 7.80. The summed E-state index contributed by atoms with van der Waals surface area (Å²) >= 11 is 5.76. The normalized spacial score (nSPS) is 21.5. The Labute approximate surface area is 187 Å². The number of anilines is 1. The van der Waals surface area contributed by atoms with E-state index in [2.05, 4.69) is 18.3 Å². The molecule has 0 saturated carbocycles. The first kappa shape index (κ1) is 19.7. The maximum atomic E-state index is 6.58. The van der Waals surface area contributed by atoms with Crippen LogP contribution in [0.5, 0.6) is 23.0 Å². The molecule has 2 heterocycles.